The average Bonchev–Trinajstić information content (AvgIpc) is 2.92. The number of benzene rings is 1. The largest absolute Gasteiger partial charge is 0.494 e. The van der Waals surface area contributed by atoms with Crippen LogP contribution in [-0.4, -0.2) is 29.7 Å². The van der Waals surface area contributed by atoms with Crippen molar-refractivity contribution in [1.82, 2.24) is 10.2 Å². The van der Waals surface area contributed by atoms with Gasteiger partial charge in [-0.15, -0.1) is 0 Å². The molecule has 5 nitrogen and oxygen atoms in total. The van der Waals surface area contributed by atoms with E-state index in [4.69, 9.17) is 4.74 Å². The van der Waals surface area contributed by atoms with Gasteiger partial charge in [0.25, 0.3) is 5.91 Å². The first-order valence-corrected chi connectivity index (χ1v) is 7.30. The first-order chi connectivity index (χ1) is 11.2. The quantitative estimate of drug-likeness (QED) is 0.816. The van der Waals surface area contributed by atoms with Crippen molar-refractivity contribution in [2.45, 2.75) is 12.1 Å². The molecule has 1 saturated heterocycles. The van der Waals surface area contributed by atoms with E-state index in [0.717, 1.165) is 5.71 Å². The SMILES string of the molecule is COc1ccc(C2NC3=C[NH+]=C4C=CC=CC4N3C2=O)cc1F. The van der Waals surface area contributed by atoms with Crippen molar-refractivity contribution in [2.75, 3.05) is 7.11 Å². The molecule has 2 N–H and O–H groups in total. The number of hydrogen-bond acceptors (Lipinski definition) is 3. The number of fused-ring (bicyclic) bond motifs is 3. The van der Waals surface area contributed by atoms with E-state index in [9.17, 15) is 9.18 Å². The average molecular weight is 312 g/mol. The Morgan fingerprint density at radius 1 is 1.35 bits per heavy atom. The zero-order valence-corrected chi connectivity index (χ0v) is 12.4. The number of nitrogens with one attached hydrogen (secondary N) is 2. The molecule has 2 aliphatic heterocycles. The van der Waals surface area contributed by atoms with E-state index in [1.807, 2.05) is 24.3 Å². The highest BCUT2D eigenvalue weighted by Gasteiger charge is 2.45. The van der Waals surface area contributed by atoms with Gasteiger partial charge >= 0.3 is 0 Å². The summed E-state index contributed by atoms with van der Waals surface area (Å²) in [7, 11) is 1.41. The third kappa shape index (κ3) is 2.06. The number of carbonyl (C=O) groups is 1. The predicted octanol–water partition coefficient (Wildman–Crippen LogP) is 0.136. The van der Waals surface area contributed by atoms with Gasteiger partial charge < -0.3 is 10.1 Å². The maximum atomic E-state index is 13.9. The number of nitrogens with zero attached hydrogens (tertiary/aromatic N) is 1. The normalized spacial score (nSPS) is 24.6. The van der Waals surface area contributed by atoms with Crippen LogP contribution in [0.5, 0.6) is 5.75 Å². The second-order valence-corrected chi connectivity index (χ2v) is 5.50. The van der Waals surface area contributed by atoms with Crippen molar-refractivity contribution in [1.29, 1.82) is 0 Å². The molecule has 6 heteroatoms. The Bertz CT molecular complexity index is 810. The second-order valence-electron chi connectivity index (χ2n) is 5.50. The zero-order valence-electron chi connectivity index (χ0n) is 12.4. The number of amides is 1. The van der Waals surface area contributed by atoms with Crippen LogP contribution in [0.3, 0.4) is 0 Å². The lowest BCUT2D eigenvalue weighted by Gasteiger charge is -2.25. The van der Waals surface area contributed by atoms with Crippen molar-refractivity contribution in [3.63, 3.8) is 0 Å². The van der Waals surface area contributed by atoms with Gasteiger partial charge in [-0.05, 0) is 17.7 Å². The fraction of sp³-hybridized carbons (Fsp3) is 0.176. The van der Waals surface area contributed by atoms with E-state index in [-0.39, 0.29) is 17.7 Å². The van der Waals surface area contributed by atoms with E-state index >= 15 is 0 Å². The van der Waals surface area contributed by atoms with Gasteiger partial charge in [-0.2, -0.15) is 0 Å². The fourth-order valence-electron chi connectivity index (χ4n) is 3.06. The van der Waals surface area contributed by atoms with Crippen molar-refractivity contribution in [2.24, 2.45) is 0 Å². The number of carbonyl (C=O) groups excluding carboxylic acids is 1. The van der Waals surface area contributed by atoms with Crippen LogP contribution in [0.2, 0.25) is 0 Å². The summed E-state index contributed by atoms with van der Waals surface area (Å²) in [4.78, 5) is 17.7. The number of rotatable bonds is 2. The van der Waals surface area contributed by atoms with Crippen molar-refractivity contribution in [3.05, 3.63) is 65.9 Å². The van der Waals surface area contributed by atoms with Crippen LogP contribution in [0.25, 0.3) is 0 Å². The number of allylic oxidation sites excluding steroid dienone is 2. The fourth-order valence-corrected chi connectivity index (χ4v) is 3.06. The van der Waals surface area contributed by atoms with Gasteiger partial charge in [-0.3, -0.25) is 9.69 Å². The molecule has 0 radical (unpaired) electrons. The molecule has 1 fully saturated rings. The minimum atomic E-state index is -0.609. The standard InChI is InChI=1S/C17H14FN3O2/c1-23-14-7-6-10(8-11(14)18)16-17(22)21-13-5-3-2-4-12(13)19-9-15(21)20-16/h2-9,13,16,20H,1H3/p+1. The van der Waals surface area contributed by atoms with Crippen LogP contribution >= 0.6 is 0 Å². The van der Waals surface area contributed by atoms with E-state index in [2.05, 4.69) is 10.3 Å². The lowest BCUT2D eigenvalue weighted by atomic mass is 10.0. The third-order valence-corrected chi connectivity index (χ3v) is 4.20. The lowest BCUT2D eigenvalue weighted by molar-refractivity contribution is -0.380. The van der Waals surface area contributed by atoms with Crippen molar-refractivity contribution in [3.8, 4) is 5.75 Å². The zero-order chi connectivity index (χ0) is 16.0. The Hall–Kier alpha value is -2.89. The van der Waals surface area contributed by atoms with E-state index in [1.165, 1.54) is 19.2 Å². The molecule has 1 aliphatic carbocycles. The van der Waals surface area contributed by atoms with Gasteiger partial charge in [0.05, 0.1) is 7.11 Å². The summed E-state index contributed by atoms with van der Waals surface area (Å²) < 4.78 is 18.9. The molecule has 3 aliphatic rings. The smallest absolute Gasteiger partial charge is 0.256 e. The summed E-state index contributed by atoms with van der Waals surface area (Å²) in [6.45, 7) is 0. The van der Waals surface area contributed by atoms with Crippen LogP contribution in [0, 0.1) is 5.82 Å². The highest BCUT2D eigenvalue weighted by molar-refractivity contribution is 6.02. The molecule has 116 valence electrons. The molecule has 1 aromatic rings. The number of ether oxygens (including phenoxy) is 1. The van der Waals surface area contributed by atoms with E-state index in [0.29, 0.717) is 11.4 Å². The van der Waals surface area contributed by atoms with Gasteiger partial charge in [-0.25, -0.2) is 9.38 Å². The molecule has 0 bridgehead atoms. The Labute approximate surface area is 132 Å². The van der Waals surface area contributed by atoms with Gasteiger partial charge in [0.1, 0.15) is 12.1 Å². The first kappa shape index (κ1) is 13.8. The molecule has 1 aromatic carbocycles. The molecule has 0 aromatic heterocycles. The maximum absolute atomic E-state index is 13.9. The van der Waals surface area contributed by atoms with Crippen molar-refractivity contribution < 1.29 is 18.9 Å². The van der Waals surface area contributed by atoms with Crippen LogP contribution in [0.1, 0.15) is 11.6 Å². The van der Waals surface area contributed by atoms with Crippen LogP contribution in [0.4, 0.5) is 4.39 Å². The molecule has 2 heterocycles. The van der Waals surface area contributed by atoms with Gasteiger partial charge in [0.15, 0.2) is 17.4 Å². The topological polar surface area (TPSA) is 55.5 Å². The molecular weight excluding hydrogens is 297 g/mol. The number of methoxy groups -OCH3 is 1. The van der Waals surface area contributed by atoms with E-state index < -0.39 is 11.9 Å². The van der Waals surface area contributed by atoms with Gasteiger partial charge in [0.2, 0.25) is 11.9 Å². The van der Waals surface area contributed by atoms with Crippen LogP contribution in [-0.2, 0) is 4.79 Å². The minimum Gasteiger partial charge on any atom is -0.494 e. The number of hydrogen-bond donors (Lipinski definition) is 2. The molecule has 0 spiro atoms. The summed E-state index contributed by atoms with van der Waals surface area (Å²) in [6, 6.07) is 3.80. The highest BCUT2D eigenvalue weighted by atomic mass is 19.1. The summed E-state index contributed by atoms with van der Waals surface area (Å²) in [5, 5.41) is 3.15. The second kappa shape index (κ2) is 5.08. The molecule has 23 heavy (non-hydrogen) atoms. The molecular formula is C17H15FN3O2+. The van der Waals surface area contributed by atoms with Crippen LogP contribution in [0.15, 0.2) is 54.5 Å². The Morgan fingerprint density at radius 2 is 2.22 bits per heavy atom. The maximum Gasteiger partial charge on any atom is 0.256 e. The van der Waals surface area contributed by atoms with Crippen molar-refractivity contribution >= 4 is 11.6 Å². The summed E-state index contributed by atoms with van der Waals surface area (Å²) in [6.07, 6.45) is 9.47. The number of halogens is 1. The molecule has 2 atom stereocenters. The highest BCUT2D eigenvalue weighted by Crippen LogP contribution is 2.31. The Kier molecular flexibility index (Phi) is 3.04. The monoisotopic (exact) mass is 312 g/mol. The molecule has 0 saturated carbocycles. The molecule has 4 rings (SSSR count). The summed E-state index contributed by atoms with van der Waals surface area (Å²) in [5.41, 5.74) is 1.51. The van der Waals surface area contributed by atoms with Crippen LogP contribution < -0.4 is 15.0 Å². The molecule has 2 unspecified atom stereocenters. The van der Waals surface area contributed by atoms with E-state index in [1.54, 1.807) is 17.2 Å². The Morgan fingerprint density at radius 3 is 3.00 bits per heavy atom. The Balaban J connectivity index is 1.68. The first-order valence-electron chi connectivity index (χ1n) is 7.30. The van der Waals surface area contributed by atoms with Gasteiger partial charge in [-0.1, -0.05) is 24.3 Å². The molecule has 1 amide bonds. The summed E-state index contributed by atoms with van der Waals surface area (Å²) >= 11 is 0. The van der Waals surface area contributed by atoms with Gasteiger partial charge in [0, 0.05) is 6.08 Å². The summed E-state index contributed by atoms with van der Waals surface area (Å²) in [5.74, 6) is 0.257. The minimum absolute atomic E-state index is 0.107. The predicted molar refractivity (Wildman–Crippen MR) is 81.8 cm³/mol. The third-order valence-electron chi connectivity index (χ3n) is 4.20. The lowest BCUT2D eigenvalue weighted by Crippen LogP contribution is -2.74.